The van der Waals surface area contributed by atoms with Crippen molar-refractivity contribution in [3.05, 3.63) is 35.9 Å². The lowest BCUT2D eigenvalue weighted by Crippen LogP contribution is -2.47. The van der Waals surface area contributed by atoms with E-state index < -0.39 is 0 Å². The zero-order valence-corrected chi connectivity index (χ0v) is 18.0. The van der Waals surface area contributed by atoms with Crippen LogP contribution in [0, 0.1) is 0 Å². The molecule has 1 aromatic carbocycles. The quantitative estimate of drug-likeness (QED) is 0.245. The van der Waals surface area contributed by atoms with E-state index in [9.17, 15) is 4.79 Å². The van der Waals surface area contributed by atoms with E-state index in [0.717, 1.165) is 12.8 Å². The number of hydrogen-bond acceptors (Lipinski definition) is 3. The molecule has 0 unspecified atom stereocenters. The highest BCUT2D eigenvalue weighted by Crippen LogP contribution is 2.32. The average Bonchev–Trinajstić information content (AvgIpc) is 2.66. The van der Waals surface area contributed by atoms with Gasteiger partial charge in [-0.15, -0.1) is 24.0 Å². The Morgan fingerprint density at radius 1 is 1.15 bits per heavy atom. The van der Waals surface area contributed by atoms with Crippen LogP contribution < -0.4 is 16.0 Å². The topological polar surface area (TPSA) is 74.8 Å². The second kappa shape index (κ2) is 12.9. The van der Waals surface area contributed by atoms with Crippen molar-refractivity contribution in [2.45, 2.75) is 37.6 Å². The molecule has 1 saturated carbocycles. The van der Waals surface area contributed by atoms with Crippen LogP contribution in [0.1, 0.15) is 37.2 Å². The van der Waals surface area contributed by atoms with Crippen LogP contribution in [0.25, 0.3) is 0 Å². The second-order valence-electron chi connectivity index (χ2n) is 6.37. The van der Waals surface area contributed by atoms with Crippen LogP contribution in [-0.2, 0) is 9.53 Å². The Morgan fingerprint density at radius 2 is 1.85 bits per heavy atom. The maximum atomic E-state index is 11.7. The standard InChI is InChI=1S/C19H30N4O2.HI/c1-20-19(22-14-18(24)21-12-13-25-2)23-17-10-8-16(9-11-17)15-6-4-3-5-7-15;/h3-7,16-17H,8-14H2,1-2H3,(H,21,24)(H2,20,22,23);1H. The number of ether oxygens (including phenoxy) is 1. The molecule has 3 N–H and O–H groups in total. The minimum Gasteiger partial charge on any atom is -0.383 e. The molecule has 0 heterocycles. The maximum Gasteiger partial charge on any atom is 0.239 e. The zero-order valence-electron chi connectivity index (χ0n) is 15.7. The van der Waals surface area contributed by atoms with Gasteiger partial charge in [-0.05, 0) is 37.2 Å². The summed E-state index contributed by atoms with van der Waals surface area (Å²) in [4.78, 5) is 15.9. The first kappa shape index (κ1) is 22.7. The lowest BCUT2D eigenvalue weighted by molar-refractivity contribution is -0.120. The van der Waals surface area contributed by atoms with Crippen molar-refractivity contribution in [2.75, 3.05) is 33.9 Å². The fraction of sp³-hybridized carbons (Fsp3) is 0.579. The number of carbonyl (C=O) groups excluding carboxylic acids is 1. The van der Waals surface area contributed by atoms with E-state index in [1.54, 1.807) is 14.2 Å². The molecule has 7 heteroatoms. The Kier molecular flexibility index (Phi) is 11.3. The summed E-state index contributed by atoms with van der Waals surface area (Å²) in [6.45, 7) is 1.25. The SMILES string of the molecule is CN=C(NCC(=O)NCCOC)NC1CCC(c2ccccc2)CC1.I. The van der Waals surface area contributed by atoms with Crippen LogP contribution in [0.15, 0.2) is 35.3 Å². The molecular formula is C19H31IN4O2. The summed E-state index contributed by atoms with van der Waals surface area (Å²) in [6.07, 6.45) is 4.58. The molecule has 1 aliphatic carbocycles. The van der Waals surface area contributed by atoms with Gasteiger partial charge in [0.1, 0.15) is 0 Å². The van der Waals surface area contributed by atoms with Crippen molar-refractivity contribution in [1.82, 2.24) is 16.0 Å². The molecule has 1 amide bonds. The molecule has 146 valence electrons. The molecule has 2 rings (SSSR count). The van der Waals surface area contributed by atoms with Crippen molar-refractivity contribution in [1.29, 1.82) is 0 Å². The number of guanidine groups is 1. The molecule has 0 radical (unpaired) electrons. The van der Waals surface area contributed by atoms with Gasteiger partial charge >= 0.3 is 0 Å². The molecule has 1 aromatic rings. The Labute approximate surface area is 173 Å². The molecule has 1 fully saturated rings. The molecular weight excluding hydrogens is 443 g/mol. The molecule has 26 heavy (non-hydrogen) atoms. The van der Waals surface area contributed by atoms with E-state index >= 15 is 0 Å². The third-order valence-corrected chi connectivity index (χ3v) is 4.61. The summed E-state index contributed by atoms with van der Waals surface area (Å²) in [7, 11) is 3.34. The number of carbonyl (C=O) groups is 1. The molecule has 6 nitrogen and oxygen atoms in total. The normalized spacial score (nSPS) is 20.0. The van der Waals surface area contributed by atoms with Gasteiger partial charge in [0.15, 0.2) is 5.96 Å². The number of hydrogen-bond donors (Lipinski definition) is 3. The highest BCUT2D eigenvalue weighted by Gasteiger charge is 2.22. The van der Waals surface area contributed by atoms with Gasteiger partial charge in [-0.25, -0.2) is 0 Å². The van der Waals surface area contributed by atoms with Crippen LogP contribution in [0.2, 0.25) is 0 Å². The first-order valence-electron chi connectivity index (χ1n) is 9.00. The van der Waals surface area contributed by atoms with Gasteiger partial charge in [-0.3, -0.25) is 9.79 Å². The molecule has 0 aliphatic heterocycles. The van der Waals surface area contributed by atoms with E-state index in [-0.39, 0.29) is 36.4 Å². The van der Waals surface area contributed by atoms with Crippen LogP contribution in [0.3, 0.4) is 0 Å². The fourth-order valence-corrected chi connectivity index (χ4v) is 3.20. The number of halogens is 1. The van der Waals surface area contributed by atoms with Gasteiger partial charge in [-0.1, -0.05) is 30.3 Å². The van der Waals surface area contributed by atoms with Crippen molar-refractivity contribution >= 4 is 35.8 Å². The van der Waals surface area contributed by atoms with Crippen LogP contribution in [0.5, 0.6) is 0 Å². The van der Waals surface area contributed by atoms with Crippen LogP contribution in [0.4, 0.5) is 0 Å². The Balaban J connectivity index is 0.00000338. The molecule has 1 aliphatic rings. The number of aliphatic imine (C=N–C) groups is 1. The van der Waals surface area contributed by atoms with Crippen molar-refractivity contribution in [3.63, 3.8) is 0 Å². The molecule has 0 spiro atoms. The number of benzene rings is 1. The number of methoxy groups -OCH3 is 1. The minimum absolute atomic E-state index is 0. The van der Waals surface area contributed by atoms with Gasteiger partial charge in [0.05, 0.1) is 13.2 Å². The van der Waals surface area contributed by atoms with Gasteiger partial charge < -0.3 is 20.7 Å². The van der Waals surface area contributed by atoms with E-state index in [2.05, 4.69) is 51.3 Å². The highest BCUT2D eigenvalue weighted by atomic mass is 127. The lowest BCUT2D eigenvalue weighted by Gasteiger charge is -2.30. The fourth-order valence-electron chi connectivity index (χ4n) is 3.20. The smallest absolute Gasteiger partial charge is 0.239 e. The zero-order chi connectivity index (χ0) is 17.9. The number of nitrogens with one attached hydrogen (secondary N) is 3. The van der Waals surface area contributed by atoms with E-state index in [0.29, 0.717) is 31.1 Å². The van der Waals surface area contributed by atoms with Gasteiger partial charge in [0.25, 0.3) is 0 Å². The van der Waals surface area contributed by atoms with Gasteiger partial charge in [0, 0.05) is 26.7 Å². The molecule has 0 atom stereocenters. The van der Waals surface area contributed by atoms with Crippen LogP contribution in [-0.4, -0.2) is 51.8 Å². The van der Waals surface area contributed by atoms with Gasteiger partial charge in [-0.2, -0.15) is 0 Å². The Morgan fingerprint density at radius 3 is 2.46 bits per heavy atom. The molecule has 0 aromatic heterocycles. The third-order valence-electron chi connectivity index (χ3n) is 4.61. The summed E-state index contributed by atoms with van der Waals surface area (Å²) >= 11 is 0. The van der Waals surface area contributed by atoms with Crippen molar-refractivity contribution in [2.24, 2.45) is 4.99 Å². The number of rotatable bonds is 7. The van der Waals surface area contributed by atoms with Crippen molar-refractivity contribution < 1.29 is 9.53 Å². The molecule has 0 bridgehead atoms. The maximum absolute atomic E-state index is 11.7. The summed E-state index contributed by atoms with van der Waals surface area (Å²) in [5.41, 5.74) is 1.44. The summed E-state index contributed by atoms with van der Waals surface area (Å²) in [5, 5.41) is 9.29. The predicted molar refractivity (Wildman–Crippen MR) is 116 cm³/mol. The first-order valence-corrected chi connectivity index (χ1v) is 9.00. The Bertz CT molecular complexity index is 546. The summed E-state index contributed by atoms with van der Waals surface area (Å²) in [5.74, 6) is 1.28. The lowest BCUT2D eigenvalue weighted by atomic mass is 9.82. The van der Waals surface area contributed by atoms with Gasteiger partial charge in [0.2, 0.25) is 5.91 Å². The van der Waals surface area contributed by atoms with E-state index in [1.165, 1.54) is 18.4 Å². The first-order chi connectivity index (χ1) is 12.2. The summed E-state index contributed by atoms with van der Waals surface area (Å²) < 4.78 is 4.91. The van der Waals surface area contributed by atoms with Crippen LogP contribution >= 0.6 is 24.0 Å². The van der Waals surface area contributed by atoms with E-state index in [1.807, 2.05) is 0 Å². The number of amides is 1. The van der Waals surface area contributed by atoms with E-state index in [4.69, 9.17) is 4.74 Å². The highest BCUT2D eigenvalue weighted by molar-refractivity contribution is 14.0. The minimum atomic E-state index is -0.0622. The monoisotopic (exact) mass is 474 g/mol. The number of nitrogens with zero attached hydrogens (tertiary/aromatic N) is 1. The average molecular weight is 474 g/mol. The third kappa shape index (κ3) is 7.90. The largest absolute Gasteiger partial charge is 0.383 e. The van der Waals surface area contributed by atoms with Crippen molar-refractivity contribution in [3.8, 4) is 0 Å². The molecule has 0 saturated heterocycles. The predicted octanol–water partition coefficient (Wildman–Crippen LogP) is 2.26. The second-order valence-corrected chi connectivity index (χ2v) is 6.37. The Hall–Kier alpha value is -1.35. The summed E-state index contributed by atoms with van der Waals surface area (Å²) in [6, 6.07) is 11.1.